The van der Waals surface area contributed by atoms with Gasteiger partial charge in [0.05, 0.1) is 6.10 Å². The van der Waals surface area contributed by atoms with Crippen LogP contribution in [0.2, 0.25) is 0 Å². The molecule has 5 unspecified atom stereocenters. The lowest BCUT2D eigenvalue weighted by Crippen LogP contribution is -2.58. The second kappa shape index (κ2) is 15.8. The van der Waals surface area contributed by atoms with Crippen LogP contribution in [0.5, 0.6) is 0 Å². The van der Waals surface area contributed by atoms with Crippen LogP contribution in [0.15, 0.2) is 30.3 Å². The first-order valence-corrected chi connectivity index (χ1v) is 12.7. The smallest absolute Gasteiger partial charge is 0.326 e. The molecule has 0 saturated carbocycles. The first-order valence-electron chi connectivity index (χ1n) is 11.3. The largest absolute Gasteiger partial charge is 0.481 e. The predicted octanol–water partition coefficient (Wildman–Crippen LogP) is -0.906. The third-order valence-electron chi connectivity index (χ3n) is 5.24. The Morgan fingerprint density at radius 1 is 0.889 bits per heavy atom. The minimum Gasteiger partial charge on any atom is -0.481 e. The van der Waals surface area contributed by atoms with Crippen molar-refractivity contribution >= 4 is 41.4 Å². The highest BCUT2D eigenvalue weighted by molar-refractivity contribution is 7.98. The summed E-state index contributed by atoms with van der Waals surface area (Å²) < 4.78 is 0. The zero-order chi connectivity index (χ0) is 27.3. The number of carbonyl (C=O) groups is 5. The van der Waals surface area contributed by atoms with Crippen molar-refractivity contribution in [2.75, 3.05) is 12.0 Å². The van der Waals surface area contributed by atoms with Crippen molar-refractivity contribution in [3.63, 3.8) is 0 Å². The fourth-order valence-corrected chi connectivity index (χ4v) is 3.59. The molecule has 1 aromatic carbocycles. The number of amides is 3. The maximum absolute atomic E-state index is 13.0. The summed E-state index contributed by atoms with van der Waals surface area (Å²) in [5.41, 5.74) is 6.29. The second-order valence-corrected chi connectivity index (χ2v) is 9.18. The summed E-state index contributed by atoms with van der Waals surface area (Å²) in [6.45, 7) is 1.29. The van der Waals surface area contributed by atoms with Gasteiger partial charge in [-0.2, -0.15) is 11.8 Å². The number of rotatable bonds is 16. The predicted molar refractivity (Wildman–Crippen MR) is 133 cm³/mol. The van der Waals surface area contributed by atoms with Crippen molar-refractivity contribution < 1.29 is 39.3 Å². The van der Waals surface area contributed by atoms with Gasteiger partial charge in [0.1, 0.15) is 24.2 Å². The Hall–Kier alpha value is -3.16. The molecule has 5 atom stereocenters. The molecule has 36 heavy (non-hydrogen) atoms. The molecule has 0 saturated heterocycles. The normalized spacial score (nSPS) is 15.0. The third-order valence-corrected chi connectivity index (χ3v) is 5.89. The molecule has 0 aliphatic rings. The maximum Gasteiger partial charge on any atom is 0.326 e. The number of aliphatic hydroxyl groups excluding tert-OH is 1. The van der Waals surface area contributed by atoms with Crippen LogP contribution in [0, 0.1) is 0 Å². The van der Waals surface area contributed by atoms with Gasteiger partial charge in [-0.05, 0) is 37.3 Å². The first-order chi connectivity index (χ1) is 17.0. The molecule has 1 rings (SSSR count). The average molecular weight is 527 g/mol. The summed E-state index contributed by atoms with van der Waals surface area (Å²) >= 11 is 1.40. The average Bonchev–Trinajstić information content (AvgIpc) is 2.83. The molecule has 8 N–H and O–H groups in total. The van der Waals surface area contributed by atoms with Crippen LogP contribution in [0.4, 0.5) is 0 Å². The molecule has 3 amide bonds. The van der Waals surface area contributed by atoms with Gasteiger partial charge in [-0.3, -0.25) is 19.2 Å². The van der Waals surface area contributed by atoms with Crippen LogP contribution < -0.4 is 21.7 Å². The molecular weight excluding hydrogens is 492 g/mol. The topological polar surface area (TPSA) is 208 Å². The van der Waals surface area contributed by atoms with E-state index in [0.29, 0.717) is 11.3 Å². The van der Waals surface area contributed by atoms with Gasteiger partial charge in [-0.25, -0.2) is 4.79 Å². The monoisotopic (exact) mass is 526 g/mol. The summed E-state index contributed by atoms with van der Waals surface area (Å²) in [5, 5.41) is 35.4. The molecule has 0 aromatic heterocycles. The van der Waals surface area contributed by atoms with E-state index in [9.17, 15) is 34.2 Å². The number of benzene rings is 1. The maximum atomic E-state index is 13.0. The molecule has 0 spiro atoms. The Kier molecular flexibility index (Phi) is 13.5. The van der Waals surface area contributed by atoms with Crippen molar-refractivity contribution in [2.24, 2.45) is 5.73 Å². The lowest BCUT2D eigenvalue weighted by Gasteiger charge is -2.25. The van der Waals surface area contributed by atoms with Crippen molar-refractivity contribution in [1.82, 2.24) is 16.0 Å². The minimum atomic E-state index is -1.35. The lowest BCUT2D eigenvalue weighted by atomic mass is 10.0. The van der Waals surface area contributed by atoms with E-state index in [4.69, 9.17) is 10.8 Å². The van der Waals surface area contributed by atoms with E-state index >= 15 is 0 Å². The van der Waals surface area contributed by atoms with Gasteiger partial charge < -0.3 is 37.0 Å². The van der Waals surface area contributed by atoms with E-state index in [1.807, 2.05) is 0 Å². The first kappa shape index (κ1) is 30.9. The molecule has 0 fully saturated rings. The van der Waals surface area contributed by atoms with Crippen molar-refractivity contribution in [3.05, 3.63) is 35.9 Å². The number of hydrogen-bond acceptors (Lipinski definition) is 8. The second-order valence-electron chi connectivity index (χ2n) is 8.19. The minimum absolute atomic E-state index is 0.0274. The molecule has 12 nitrogen and oxygen atoms in total. The number of nitrogens with one attached hydrogen (secondary N) is 3. The van der Waals surface area contributed by atoms with Crippen molar-refractivity contribution in [3.8, 4) is 0 Å². The zero-order valence-electron chi connectivity index (χ0n) is 20.2. The Morgan fingerprint density at radius 3 is 1.92 bits per heavy atom. The van der Waals surface area contributed by atoms with E-state index < -0.39 is 66.4 Å². The fraction of sp³-hybridized carbons (Fsp3) is 0.522. The molecule has 13 heteroatoms. The molecule has 200 valence electrons. The van der Waals surface area contributed by atoms with Gasteiger partial charge in [0.2, 0.25) is 17.7 Å². The standard InChI is InChI=1S/C23H34N4O8S/c1-13(28)19(24)22(33)26-15(8-9-18(29)30)20(31)25-16(10-11-36-2)21(32)27-17(23(34)35)12-14-6-4-3-5-7-14/h3-7,13,15-17,19,28H,8-12,24H2,1-2H3,(H,25,31)(H,26,33)(H,27,32)(H,29,30)(H,34,35). The summed E-state index contributed by atoms with van der Waals surface area (Å²) in [6.07, 6.45) is 0.0120. The van der Waals surface area contributed by atoms with Gasteiger partial charge in [-0.15, -0.1) is 0 Å². The molecule has 0 aliphatic carbocycles. The van der Waals surface area contributed by atoms with Crippen LogP contribution in [0.1, 0.15) is 31.7 Å². The number of aliphatic hydroxyl groups is 1. The van der Waals surface area contributed by atoms with Crippen LogP contribution >= 0.6 is 11.8 Å². The zero-order valence-corrected chi connectivity index (χ0v) is 21.0. The quantitative estimate of drug-likeness (QED) is 0.141. The number of nitrogens with two attached hydrogens (primary N) is 1. The Labute approximate surface area is 213 Å². The molecule has 0 heterocycles. The Bertz CT molecular complexity index is 899. The van der Waals surface area contributed by atoms with Crippen LogP contribution in [0.3, 0.4) is 0 Å². The van der Waals surface area contributed by atoms with Gasteiger partial charge >= 0.3 is 11.9 Å². The van der Waals surface area contributed by atoms with Crippen molar-refractivity contribution in [2.45, 2.75) is 62.9 Å². The Morgan fingerprint density at radius 2 is 1.42 bits per heavy atom. The number of carboxylic acids is 2. The highest BCUT2D eigenvalue weighted by Gasteiger charge is 2.31. The van der Waals surface area contributed by atoms with Gasteiger partial charge in [0.15, 0.2) is 0 Å². The summed E-state index contributed by atoms with van der Waals surface area (Å²) in [6, 6.07) is 3.62. The van der Waals surface area contributed by atoms with E-state index in [1.54, 1.807) is 36.6 Å². The van der Waals surface area contributed by atoms with Crippen LogP contribution in [-0.2, 0) is 30.4 Å². The van der Waals surface area contributed by atoms with E-state index in [1.165, 1.54) is 18.7 Å². The van der Waals surface area contributed by atoms with Crippen LogP contribution in [0.25, 0.3) is 0 Å². The molecule has 0 radical (unpaired) electrons. The summed E-state index contributed by atoms with van der Waals surface area (Å²) in [5.74, 6) is -4.43. The van der Waals surface area contributed by atoms with Gasteiger partial charge in [0, 0.05) is 12.8 Å². The SMILES string of the molecule is CSCCC(NC(=O)C(CCC(=O)O)NC(=O)C(N)C(C)O)C(=O)NC(Cc1ccccc1)C(=O)O. The number of hydrogen-bond donors (Lipinski definition) is 7. The summed E-state index contributed by atoms with van der Waals surface area (Å²) in [4.78, 5) is 61.0. The number of aliphatic carboxylic acids is 2. The fourth-order valence-electron chi connectivity index (χ4n) is 3.12. The van der Waals surface area contributed by atoms with E-state index in [2.05, 4.69) is 16.0 Å². The molecule has 0 bridgehead atoms. The van der Waals surface area contributed by atoms with Crippen molar-refractivity contribution in [1.29, 1.82) is 0 Å². The van der Waals surface area contributed by atoms with E-state index in [0.717, 1.165) is 0 Å². The molecular formula is C23H34N4O8S. The van der Waals surface area contributed by atoms with Crippen LogP contribution in [-0.4, -0.2) is 87.3 Å². The highest BCUT2D eigenvalue weighted by atomic mass is 32.2. The molecule has 0 aliphatic heterocycles. The summed E-state index contributed by atoms with van der Waals surface area (Å²) in [7, 11) is 0. The number of thioether (sulfide) groups is 1. The van der Waals surface area contributed by atoms with Gasteiger partial charge in [0.25, 0.3) is 0 Å². The highest BCUT2D eigenvalue weighted by Crippen LogP contribution is 2.08. The molecule has 1 aromatic rings. The lowest BCUT2D eigenvalue weighted by molar-refractivity contribution is -0.142. The number of carboxylic acid groups (broad SMARTS) is 2. The van der Waals surface area contributed by atoms with E-state index in [-0.39, 0.29) is 19.3 Å². The third kappa shape index (κ3) is 11.1. The number of carbonyl (C=O) groups excluding carboxylic acids is 3. The van der Waals surface area contributed by atoms with Gasteiger partial charge in [-0.1, -0.05) is 30.3 Å². The Balaban J connectivity index is 3.01.